The molecule has 1 aliphatic rings. The predicted octanol–water partition coefficient (Wildman–Crippen LogP) is 4.26. The summed E-state index contributed by atoms with van der Waals surface area (Å²) < 4.78 is 46.4. The van der Waals surface area contributed by atoms with Crippen LogP contribution in [-0.4, -0.2) is 33.4 Å². The molecular weight excluding hydrogens is 453 g/mol. The summed E-state index contributed by atoms with van der Waals surface area (Å²) in [5.41, 5.74) is -0.731. The van der Waals surface area contributed by atoms with E-state index in [2.05, 4.69) is 20.3 Å². The lowest BCUT2D eigenvalue weighted by Crippen LogP contribution is -2.40. The summed E-state index contributed by atoms with van der Waals surface area (Å²) in [5, 5.41) is 10.7. The van der Waals surface area contributed by atoms with E-state index >= 15 is 0 Å². The number of alkyl halides is 3. The van der Waals surface area contributed by atoms with Crippen LogP contribution in [0.15, 0.2) is 52.9 Å². The first-order valence-corrected chi connectivity index (χ1v) is 9.52. The molecule has 0 spiro atoms. The van der Waals surface area contributed by atoms with Crippen molar-refractivity contribution in [2.45, 2.75) is 25.4 Å². The zero-order valence-corrected chi connectivity index (χ0v) is 17.1. The van der Waals surface area contributed by atoms with Crippen LogP contribution in [0, 0.1) is 0 Å². The van der Waals surface area contributed by atoms with E-state index in [4.69, 9.17) is 16.0 Å². The summed E-state index contributed by atoms with van der Waals surface area (Å²) in [4.78, 5) is 26.4. The molecule has 4 rings (SSSR count). The summed E-state index contributed by atoms with van der Waals surface area (Å²) >= 11 is 6.11. The zero-order valence-electron chi connectivity index (χ0n) is 16.3. The van der Waals surface area contributed by atoms with Crippen molar-refractivity contribution >= 4 is 23.5 Å². The normalized spacial score (nSPS) is 18.7. The third-order valence-electron chi connectivity index (χ3n) is 4.80. The molecule has 1 fully saturated rings. The van der Waals surface area contributed by atoms with Gasteiger partial charge in [0.2, 0.25) is 11.8 Å². The number of rotatable bonds is 5. The van der Waals surface area contributed by atoms with Gasteiger partial charge in [0.05, 0.1) is 10.6 Å². The lowest BCUT2D eigenvalue weighted by atomic mass is 9.92. The van der Waals surface area contributed by atoms with Gasteiger partial charge in [0.25, 0.3) is 5.91 Å². The van der Waals surface area contributed by atoms with Gasteiger partial charge >= 0.3 is 12.4 Å². The maximum atomic E-state index is 13.0. The number of carbonyl (C=O) groups excluding carboxylic acids is 2. The highest BCUT2D eigenvalue weighted by Crippen LogP contribution is 2.32. The number of halogens is 4. The van der Waals surface area contributed by atoms with E-state index in [0.29, 0.717) is 10.6 Å². The molecule has 0 saturated carbocycles. The van der Waals surface area contributed by atoms with Crippen LogP contribution in [0.25, 0.3) is 11.5 Å². The number of nitrogens with zero attached hydrogens (tertiary/aromatic N) is 3. The topological polar surface area (TPSA) is 97.6 Å². The molecule has 2 aromatic carbocycles. The van der Waals surface area contributed by atoms with E-state index < -0.39 is 29.6 Å². The molecule has 0 bridgehead atoms. The smallest absolute Gasteiger partial charge is 0.419 e. The summed E-state index contributed by atoms with van der Waals surface area (Å²) in [5.74, 6) is -0.955. The van der Waals surface area contributed by atoms with Crippen LogP contribution in [0.1, 0.15) is 18.4 Å². The maximum Gasteiger partial charge on any atom is 0.573 e. The number of nitrogens with one attached hydrogen (secondary N) is 1. The summed E-state index contributed by atoms with van der Waals surface area (Å²) in [7, 11) is 0. The van der Waals surface area contributed by atoms with Crippen molar-refractivity contribution in [1.29, 1.82) is 0 Å². The largest absolute Gasteiger partial charge is 0.573 e. The Morgan fingerprint density at radius 3 is 2.47 bits per heavy atom. The molecule has 1 aliphatic heterocycles. The molecule has 8 nitrogen and oxygen atoms in total. The SMILES string of the molecule is CC1(c2ccc(OC(F)(F)F)cc2)NC(=O)N(Cc2nnc(-c3ccccc3Cl)o2)C1=O. The lowest BCUT2D eigenvalue weighted by Gasteiger charge is -2.22. The second-order valence-corrected chi connectivity index (χ2v) is 7.41. The maximum absolute atomic E-state index is 13.0. The van der Waals surface area contributed by atoms with Crippen molar-refractivity contribution in [2.75, 3.05) is 0 Å². The molecular formula is C20H14ClF3N4O4. The highest BCUT2D eigenvalue weighted by Gasteiger charge is 2.49. The average molecular weight is 467 g/mol. The molecule has 1 unspecified atom stereocenters. The predicted molar refractivity (Wildman–Crippen MR) is 104 cm³/mol. The number of carbonyl (C=O) groups is 2. The summed E-state index contributed by atoms with van der Waals surface area (Å²) in [6, 6.07) is 10.7. The van der Waals surface area contributed by atoms with Crippen LogP contribution < -0.4 is 10.1 Å². The third kappa shape index (κ3) is 4.11. The van der Waals surface area contributed by atoms with Gasteiger partial charge < -0.3 is 14.5 Å². The van der Waals surface area contributed by atoms with Crippen LogP contribution in [0.4, 0.5) is 18.0 Å². The number of hydrogen-bond acceptors (Lipinski definition) is 6. The molecule has 1 atom stereocenters. The van der Waals surface area contributed by atoms with Gasteiger partial charge in [-0.25, -0.2) is 4.79 Å². The molecule has 166 valence electrons. The van der Waals surface area contributed by atoms with Gasteiger partial charge in [-0.1, -0.05) is 35.9 Å². The lowest BCUT2D eigenvalue weighted by molar-refractivity contribution is -0.274. The third-order valence-corrected chi connectivity index (χ3v) is 5.13. The van der Waals surface area contributed by atoms with Gasteiger partial charge in [0, 0.05) is 0 Å². The van der Waals surface area contributed by atoms with Crippen LogP contribution >= 0.6 is 11.6 Å². The van der Waals surface area contributed by atoms with Crippen LogP contribution in [-0.2, 0) is 16.9 Å². The Morgan fingerprint density at radius 2 is 1.81 bits per heavy atom. The Kier molecular flexibility index (Phi) is 5.29. The van der Waals surface area contributed by atoms with Crippen molar-refractivity contribution < 1.29 is 31.9 Å². The average Bonchev–Trinajstić information content (AvgIpc) is 3.27. The van der Waals surface area contributed by atoms with E-state index in [9.17, 15) is 22.8 Å². The van der Waals surface area contributed by atoms with E-state index in [0.717, 1.165) is 17.0 Å². The molecule has 2 heterocycles. The second kappa shape index (κ2) is 7.83. The Balaban J connectivity index is 1.52. The molecule has 1 saturated heterocycles. The second-order valence-electron chi connectivity index (χ2n) is 7.00. The summed E-state index contributed by atoms with van der Waals surface area (Å²) in [6.07, 6.45) is -4.84. The first-order valence-electron chi connectivity index (χ1n) is 9.14. The molecule has 1 aromatic heterocycles. The number of aromatic nitrogens is 2. The number of imide groups is 1. The van der Waals surface area contributed by atoms with Crippen molar-refractivity contribution in [1.82, 2.24) is 20.4 Å². The minimum atomic E-state index is -4.84. The Bertz CT molecular complexity index is 1180. The van der Waals surface area contributed by atoms with Crippen LogP contribution in [0.5, 0.6) is 5.75 Å². The van der Waals surface area contributed by atoms with Crippen molar-refractivity contribution in [2.24, 2.45) is 0 Å². The zero-order chi connectivity index (χ0) is 23.1. The van der Waals surface area contributed by atoms with E-state index in [1.54, 1.807) is 24.3 Å². The highest BCUT2D eigenvalue weighted by atomic mass is 35.5. The molecule has 0 radical (unpaired) electrons. The van der Waals surface area contributed by atoms with Gasteiger partial charge in [0.1, 0.15) is 17.8 Å². The molecule has 1 N–H and O–H groups in total. The Morgan fingerprint density at radius 1 is 1.12 bits per heavy atom. The first-order chi connectivity index (χ1) is 15.1. The fourth-order valence-electron chi connectivity index (χ4n) is 3.22. The molecule has 0 aliphatic carbocycles. The van der Waals surface area contributed by atoms with Crippen molar-refractivity contribution in [3.05, 3.63) is 65.0 Å². The number of ether oxygens (including phenoxy) is 1. The van der Waals surface area contributed by atoms with E-state index in [1.807, 2.05) is 0 Å². The number of urea groups is 1. The van der Waals surface area contributed by atoms with Gasteiger partial charge in [0.15, 0.2) is 0 Å². The fourth-order valence-corrected chi connectivity index (χ4v) is 3.44. The number of hydrogen-bond donors (Lipinski definition) is 1. The number of benzene rings is 2. The van der Waals surface area contributed by atoms with Gasteiger partial charge in [-0.15, -0.1) is 23.4 Å². The standard InChI is InChI=1S/C20H14ClF3N4O4/c1-19(11-6-8-12(9-7-11)32-20(22,23)24)17(29)28(18(30)25-19)10-15-26-27-16(31-15)13-4-2-3-5-14(13)21/h2-9H,10H2,1H3,(H,25,30). The van der Waals surface area contributed by atoms with Crippen molar-refractivity contribution in [3.8, 4) is 17.2 Å². The minimum Gasteiger partial charge on any atom is -0.419 e. The fraction of sp³-hybridized carbons (Fsp3) is 0.200. The van der Waals surface area contributed by atoms with Gasteiger partial charge in [-0.05, 0) is 36.8 Å². The van der Waals surface area contributed by atoms with Crippen molar-refractivity contribution in [3.63, 3.8) is 0 Å². The van der Waals surface area contributed by atoms with Gasteiger partial charge in [-0.3, -0.25) is 9.69 Å². The molecule has 12 heteroatoms. The highest BCUT2D eigenvalue weighted by molar-refractivity contribution is 6.33. The van der Waals surface area contributed by atoms with E-state index in [-0.39, 0.29) is 23.9 Å². The Labute approximate surface area is 183 Å². The monoisotopic (exact) mass is 466 g/mol. The Hall–Kier alpha value is -3.60. The molecule has 3 aromatic rings. The van der Waals surface area contributed by atoms with E-state index in [1.165, 1.54) is 19.1 Å². The summed E-state index contributed by atoms with van der Waals surface area (Å²) in [6.45, 7) is 1.14. The molecule has 3 amide bonds. The van der Waals surface area contributed by atoms with Crippen LogP contribution in [0.3, 0.4) is 0 Å². The first kappa shape index (κ1) is 21.6. The molecule has 32 heavy (non-hydrogen) atoms. The van der Waals surface area contributed by atoms with Crippen LogP contribution in [0.2, 0.25) is 5.02 Å². The quantitative estimate of drug-likeness (QED) is 0.564. The minimum absolute atomic E-state index is 0.00148. The van der Waals surface area contributed by atoms with Gasteiger partial charge in [-0.2, -0.15) is 0 Å². The number of amides is 3.